The third-order valence-corrected chi connectivity index (χ3v) is 18.4. The zero-order chi connectivity index (χ0) is 71.5. The Bertz CT molecular complexity index is 2190. The number of unbranched alkanes of at least 4 members (excludes halogenated alkanes) is 37. The molecule has 0 aliphatic heterocycles. The monoisotopic (exact) mass is 1390 g/mol. The van der Waals surface area contributed by atoms with E-state index >= 15 is 0 Å². The molecule has 0 fully saturated rings. The summed E-state index contributed by atoms with van der Waals surface area (Å²) in [6.07, 6.45) is 121. The minimum atomic E-state index is -4.41. The number of ether oxygens (including phenoxy) is 2. The topological polar surface area (TPSA) is 134 Å². The van der Waals surface area contributed by atoms with Crippen LogP contribution in [-0.2, 0) is 32.7 Å². The predicted octanol–water partition coefficient (Wildman–Crippen LogP) is 27.9. The molecule has 0 aromatic rings. The molecular formula is C89H152NO8P. The predicted molar refractivity (Wildman–Crippen MR) is 431 cm³/mol. The number of esters is 2. The van der Waals surface area contributed by atoms with Crippen LogP contribution in [0.5, 0.6) is 0 Å². The van der Waals surface area contributed by atoms with Crippen LogP contribution in [0.4, 0.5) is 0 Å². The molecular weight excluding hydrogens is 1240 g/mol. The summed E-state index contributed by atoms with van der Waals surface area (Å²) in [6.45, 7) is 3.64. The minimum Gasteiger partial charge on any atom is -0.462 e. The number of carbonyl (C=O) groups excluding carboxylic acids is 2. The van der Waals surface area contributed by atoms with Crippen molar-refractivity contribution < 1.29 is 37.6 Å². The highest BCUT2D eigenvalue weighted by Crippen LogP contribution is 2.43. The van der Waals surface area contributed by atoms with Crippen molar-refractivity contribution in [1.29, 1.82) is 0 Å². The van der Waals surface area contributed by atoms with Crippen molar-refractivity contribution in [3.05, 3.63) is 158 Å². The highest BCUT2D eigenvalue weighted by molar-refractivity contribution is 7.47. The van der Waals surface area contributed by atoms with Crippen LogP contribution in [-0.4, -0.2) is 49.3 Å². The van der Waals surface area contributed by atoms with E-state index in [1.807, 2.05) is 0 Å². The molecule has 0 aromatic heterocycles. The molecule has 0 aliphatic carbocycles. The largest absolute Gasteiger partial charge is 0.472 e. The summed E-state index contributed by atoms with van der Waals surface area (Å²) in [4.78, 5) is 35.5. The summed E-state index contributed by atoms with van der Waals surface area (Å²) >= 11 is 0. The van der Waals surface area contributed by atoms with E-state index in [2.05, 4.69) is 172 Å². The molecule has 10 heteroatoms. The molecule has 566 valence electrons. The summed E-state index contributed by atoms with van der Waals surface area (Å²) in [7, 11) is -4.41. The van der Waals surface area contributed by atoms with E-state index in [1.165, 1.54) is 205 Å². The number of phosphoric ester groups is 1. The smallest absolute Gasteiger partial charge is 0.462 e. The van der Waals surface area contributed by atoms with Crippen molar-refractivity contribution in [2.75, 3.05) is 26.4 Å². The van der Waals surface area contributed by atoms with E-state index in [4.69, 9.17) is 24.3 Å². The fraction of sp³-hybridized carbons (Fsp3) is 0.685. The van der Waals surface area contributed by atoms with Crippen LogP contribution in [0.15, 0.2) is 158 Å². The standard InChI is InChI=1S/C89H152NO8P/c1-3-5-7-9-11-13-15-17-19-21-23-25-27-29-31-33-35-37-39-41-42-43-44-46-48-50-52-54-56-58-60-62-64-66-68-70-72-74-76-78-80-82-89(92)98-87(86-97-99(93,94)96-84-83-90)85-95-88(91)81-79-77-75-73-71-69-67-65-63-61-59-57-55-53-51-49-47-45-40-38-36-34-32-30-28-26-24-22-20-18-16-14-12-10-8-6-4-2/h5,7,11,13,16-19,22-25,28-31,35,37,41-42,44,46,50,52,56,58,87H,3-4,6,8-10,12,14-15,20-21,26-27,32-34,36,38-40,43,45,47-49,51,53-55,57,59-86,90H2,1-2H3,(H,93,94)/b7-5-,13-11-,18-16-,19-17-,24-22-,25-23-,30-28-,31-29-,37-35-,42-41-,46-44-,52-50-,58-56-. The van der Waals surface area contributed by atoms with E-state index in [0.29, 0.717) is 6.42 Å². The normalized spacial score (nSPS) is 13.7. The van der Waals surface area contributed by atoms with Gasteiger partial charge in [0.1, 0.15) is 6.61 Å². The number of nitrogens with two attached hydrogens (primary N) is 1. The molecule has 2 atom stereocenters. The van der Waals surface area contributed by atoms with Gasteiger partial charge in [-0.05, 0) is 128 Å². The van der Waals surface area contributed by atoms with Crippen molar-refractivity contribution >= 4 is 19.8 Å². The molecule has 0 amide bonds. The van der Waals surface area contributed by atoms with Crippen LogP contribution >= 0.6 is 7.82 Å². The molecule has 99 heavy (non-hydrogen) atoms. The summed E-state index contributed by atoms with van der Waals surface area (Å²) in [6, 6.07) is 0. The fourth-order valence-electron chi connectivity index (χ4n) is 11.4. The summed E-state index contributed by atoms with van der Waals surface area (Å²) in [5.41, 5.74) is 5.42. The second-order valence-electron chi connectivity index (χ2n) is 26.9. The second-order valence-corrected chi connectivity index (χ2v) is 28.4. The maximum absolute atomic E-state index is 12.8. The maximum atomic E-state index is 12.8. The van der Waals surface area contributed by atoms with Gasteiger partial charge in [0.05, 0.1) is 13.2 Å². The molecule has 0 spiro atoms. The molecule has 0 radical (unpaired) electrons. The van der Waals surface area contributed by atoms with Gasteiger partial charge in [-0.2, -0.15) is 0 Å². The lowest BCUT2D eigenvalue weighted by Gasteiger charge is -2.19. The first-order valence-electron chi connectivity index (χ1n) is 41.0. The van der Waals surface area contributed by atoms with Crippen LogP contribution in [0.1, 0.15) is 361 Å². The quantitative estimate of drug-likeness (QED) is 0.0264. The van der Waals surface area contributed by atoms with Crippen LogP contribution in [0.2, 0.25) is 0 Å². The van der Waals surface area contributed by atoms with Gasteiger partial charge in [0.2, 0.25) is 0 Å². The Morgan fingerprint density at radius 1 is 0.313 bits per heavy atom. The molecule has 0 bridgehead atoms. The van der Waals surface area contributed by atoms with Gasteiger partial charge in [-0.15, -0.1) is 0 Å². The molecule has 0 aromatic carbocycles. The Morgan fingerprint density at radius 3 is 0.828 bits per heavy atom. The van der Waals surface area contributed by atoms with Crippen molar-refractivity contribution in [3.8, 4) is 0 Å². The summed E-state index contributed by atoms with van der Waals surface area (Å²) in [5.74, 6) is -0.827. The molecule has 9 nitrogen and oxygen atoms in total. The number of hydrogen-bond donors (Lipinski definition) is 2. The van der Waals surface area contributed by atoms with E-state index in [-0.39, 0.29) is 38.6 Å². The third kappa shape index (κ3) is 82.5. The molecule has 3 N–H and O–H groups in total. The van der Waals surface area contributed by atoms with Gasteiger partial charge in [0, 0.05) is 19.4 Å². The lowest BCUT2D eigenvalue weighted by Crippen LogP contribution is -2.29. The van der Waals surface area contributed by atoms with Gasteiger partial charge >= 0.3 is 19.8 Å². The van der Waals surface area contributed by atoms with Crippen molar-refractivity contribution in [3.63, 3.8) is 0 Å². The Hall–Kier alpha value is -4.37. The first kappa shape index (κ1) is 94.6. The van der Waals surface area contributed by atoms with Gasteiger partial charge in [-0.1, -0.05) is 377 Å². The van der Waals surface area contributed by atoms with Gasteiger partial charge in [0.25, 0.3) is 0 Å². The van der Waals surface area contributed by atoms with Crippen LogP contribution in [0, 0.1) is 0 Å². The lowest BCUT2D eigenvalue weighted by molar-refractivity contribution is -0.161. The third-order valence-electron chi connectivity index (χ3n) is 17.4. The number of carbonyl (C=O) groups is 2. The Labute approximate surface area is 610 Å². The van der Waals surface area contributed by atoms with Gasteiger partial charge in [-0.3, -0.25) is 18.6 Å². The summed E-state index contributed by atoms with van der Waals surface area (Å²) in [5, 5.41) is 0. The van der Waals surface area contributed by atoms with Crippen LogP contribution < -0.4 is 5.73 Å². The Balaban J connectivity index is 3.86. The summed E-state index contributed by atoms with van der Waals surface area (Å²) < 4.78 is 33.3. The molecule has 0 saturated carbocycles. The molecule has 0 heterocycles. The highest BCUT2D eigenvalue weighted by atomic mass is 31.2. The minimum absolute atomic E-state index is 0.0477. The number of allylic oxidation sites excluding steroid dienone is 26. The number of rotatable bonds is 76. The van der Waals surface area contributed by atoms with E-state index in [1.54, 1.807) is 0 Å². The SMILES string of the molecule is CC/C=C\C/C=C\C/C=C\C/C=C\C/C=C\C/C=C\C/C=C\C/C=C\C/C=C\C/C=C\CCCCCCCCCCCCC(=O)OC(COC(=O)CCCCCCCCCCCCCCCCCCCCCCCC/C=C\C/C=C\C/C=C\CCCCCCC)COP(=O)(O)OCCN. The molecule has 0 aliphatic rings. The first-order chi connectivity index (χ1) is 48.8. The van der Waals surface area contributed by atoms with E-state index in [0.717, 1.165) is 122 Å². The molecule has 0 rings (SSSR count). The average Bonchev–Trinajstić information content (AvgIpc) is 1.19. The average molecular weight is 1400 g/mol. The number of phosphoric acid groups is 1. The van der Waals surface area contributed by atoms with E-state index < -0.39 is 26.5 Å². The zero-order valence-electron chi connectivity index (χ0n) is 63.9. The second kappa shape index (κ2) is 82.6. The van der Waals surface area contributed by atoms with Crippen molar-refractivity contribution in [2.24, 2.45) is 5.73 Å². The molecule has 0 saturated heterocycles. The van der Waals surface area contributed by atoms with Gasteiger partial charge in [-0.25, -0.2) is 4.57 Å². The van der Waals surface area contributed by atoms with E-state index in [9.17, 15) is 19.0 Å². The highest BCUT2D eigenvalue weighted by Gasteiger charge is 2.26. The van der Waals surface area contributed by atoms with Crippen molar-refractivity contribution in [1.82, 2.24) is 0 Å². The maximum Gasteiger partial charge on any atom is 0.472 e. The fourth-order valence-corrected chi connectivity index (χ4v) is 12.1. The number of hydrogen-bond acceptors (Lipinski definition) is 8. The molecule has 2 unspecified atom stereocenters. The Morgan fingerprint density at radius 2 is 0.556 bits per heavy atom. The van der Waals surface area contributed by atoms with Crippen molar-refractivity contribution in [2.45, 2.75) is 367 Å². The lowest BCUT2D eigenvalue weighted by atomic mass is 10.0. The first-order valence-corrected chi connectivity index (χ1v) is 42.5. The zero-order valence-corrected chi connectivity index (χ0v) is 64.8. The van der Waals surface area contributed by atoms with Gasteiger partial charge in [0.15, 0.2) is 6.10 Å². The Kier molecular flexibility index (Phi) is 78.9. The van der Waals surface area contributed by atoms with Gasteiger partial charge < -0.3 is 20.1 Å². The van der Waals surface area contributed by atoms with Crippen LogP contribution in [0.25, 0.3) is 0 Å². The van der Waals surface area contributed by atoms with Crippen LogP contribution in [0.3, 0.4) is 0 Å².